The van der Waals surface area contributed by atoms with Gasteiger partial charge in [-0.15, -0.1) is 0 Å². The Kier molecular flexibility index (Phi) is 5.40. The Morgan fingerprint density at radius 2 is 1.72 bits per heavy atom. The monoisotopic (exact) mass is 413 g/mol. The molecule has 0 saturated carbocycles. The Hall–Kier alpha value is -2.68. The summed E-state index contributed by atoms with van der Waals surface area (Å²) < 4.78 is 31.0. The van der Waals surface area contributed by atoms with Gasteiger partial charge in [-0.3, -0.25) is 9.69 Å². The van der Waals surface area contributed by atoms with Crippen LogP contribution in [0.25, 0.3) is 10.8 Å². The highest BCUT2D eigenvalue weighted by atomic mass is 32.2. The molecular formula is C21H23N3O4S. The van der Waals surface area contributed by atoms with Gasteiger partial charge in [0.05, 0.1) is 0 Å². The van der Waals surface area contributed by atoms with E-state index in [2.05, 4.69) is 40.0 Å². The molecule has 0 aliphatic carbocycles. The topological polar surface area (TPSA) is 82.9 Å². The number of piperazine rings is 1. The molecule has 4 rings (SSSR count). The van der Waals surface area contributed by atoms with Crippen molar-refractivity contribution < 1.29 is 17.6 Å². The largest absolute Gasteiger partial charge is 0.438 e. The maximum absolute atomic E-state index is 12.7. The van der Waals surface area contributed by atoms with Gasteiger partial charge < -0.3 is 9.32 Å². The van der Waals surface area contributed by atoms with E-state index in [1.165, 1.54) is 35.5 Å². The van der Waals surface area contributed by atoms with Gasteiger partial charge in [-0.1, -0.05) is 42.5 Å². The maximum atomic E-state index is 12.7. The third-order valence-corrected chi connectivity index (χ3v) is 6.55. The van der Waals surface area contributed by atoms with Crippen LogP contribution in [0.2, 0.25) is 0 Å². The molecule has 0 radical (unpaired) electrons. The van der Waals surface area contributed by atoms with Crippen LogP contribution < -0.4 is 4.72 Å². The van der Waals surface area contributed by atoms with Gasteiger partial charge in [0, 0.05) is 32.7 Å². The summed E-state index contributed by atoms with van der Waals surface area (Å²) in [5.41, 5.74) is 1.27. The first-order valence-corrected chi connectivity index (χ1v) is 11.0. The van der Waals surface area contributed by atoms with Gasteiger partial charge >= 0.3 is 0 Å². The van der Waals surface area contributed by atoms with Crippen LogP contribution in [-0.4, -0.2) is 57.4 Å². The standard InChI is InChI=1S/C21H23N3O4S/c1-22-29(26,27)20-10-9-19(28-20)21(25)24-13-11-23(12-14-24)15-17-7-4-6-16-5-2-3-8-18(16)17/h2-10,22H,11-15H2,1H3. The number of furan rings is 1. The molecule has 1 amide bonds. The van der Waals surface area contributed by atoms with Crippen molar-refractivity contribution in [3.63, 3.8) is 0 Å². The van der Waals surface area contributed by atoms with Gasteiger partial charge in [0.25, 0.3) is 15.9 Å². The second kappa shape index (κ2) is 7.98. The van der Waals surface area contributed by atoms with Gasteiger partial charge in [0.2, 0.25) is 5.09 Å². The van der Waals surface area contributed by atoms with Crippen molar-refractivity contribution in [3.8, 4) is 0 Å². The summed E-state index contributed by atoms with van der Waals surface area (Å²) in [5, 5.41) is 2.23. The Labute approximate surface area is 170 Å². The summed E-state index contributed by atoms with van der Waals surface area (Å²) in [7, 11) is -2.40. The Morgan fingerprint density at radius 1 is 1.00 bits per heavy atom. The van der Waals surface area contributed by atoms with E-state index in [1.54, 1.807) is 4.90 Å². The number of fused-ring (bicyclic) bond motifs is 1. The molecule has 8 heteroatoms. The van der Waals surface area contributed by atoms with E-state index in [-0.39, 0.29) is 16.8 Å². The van der Waals surface area contributed by atoms with Crippen molar-refractivity contribution in [2.45, 2.75) is 11.6 Å². The molecule has 2 aromatic carbocycles. The number of rotatable bonds is 5. The SMILES string of the molecule is CNS(=O)(=O)c1ccc(C(=O)N2CCN(Cc3cccc4ccccc34)CC2)o1. The zero-order valence-corrected chi connectivity index (χ0v) is 17.0. The van der Waals surface area contributed by atoms with Gasteiger partial charge in [0.1, 0.15) is 0 Å². The normalized spacial score (nSPS) is 15.7. The number of carbonyl (C=O) groups is 1. The fraction of sp³-hybridized carbons (Fsp3) is 0.286. The van der Waals surface area contributed by atoms with E-state index in [4.69, 9.17) is 4.42 Å². The molecule has 29 heavy (non-hydrogen) atoms. The predicted molar refractivity (Wildman–Crippen MR) is 110 cm³/mol. The summed E-state index contributed by atoms with van der Waals surface area (Å²) in [6.45, 7) is 3.46. The van der Waals surface area contributed by atoms with E-state index in [0.29, 0.717) is 13.1 Å². The first kappa shape index (κ1) is 19.6. The molecule has 2 heterocycles. The average molecular weight is 413 g/mol. The summed E-state index contributed by atoms with van der Waals surface area (Å²) in [5.74, 6) is -0.242. The van der Waals surface area contributed by atoms with Crippen molar-refractivity contribution in [1.29, 1.82) is 0 Å². The van der Waals surface area contributed by atoms with Crippen LogP contribution in [-0.2, 0) is 16.6 Å². The Morgan fingerprint density at radius 3 is 2.48 bits per heavy atom. The summed E-state index contributed by atoms with van der Waals surface area (Å²) in [4.78, 5) is 16.7. The second-order valence-electron chi connectivity index (χ2n) is 7.03. The van der Waals surface area contributed by atoms with Crippen LogP contribution in [0, 0.1) is 0 Å². The molecule has 0 spiro atoms. The zero-order valence-electron chi connectivity index (χ0n) is 16.2. The third kappa shape index (κ3) is 4.05. The van der Waals surface area contributed by atoms with Crippen LogP contribution in [0.5, 0.6) is 0 Å². The van der Waals surface area contributed by atoms with E-state index < -0.39 is 10.0 Å². The number of nitrogens with zero attached hydrogens (tertiary/aromatic N) is 2. The lowest BCUT2D eigenvalue weighted by atomic mass is 10.0. The molecule has 1 saturated heterocycles. The molecular weight excluding hydrogens is 390 g/mol. The number of hydrogen-bond acceptors (Lipinski definition) is 5. The lowest BCUT2D eigenvalue weighted by Crippen LogP contribution is -2.48. The smallest absolute Gasteiger partial charge is 0.289 e. The van der Waals surface area contributed by atoms with Crippen molar-refractivity contribution in [2.24, 2.45) is 0 Å². The van der Waals surface area contributed by atoms with Crippen molar-refractivity contribution >= 4 is 26.7 Å². The van der Waals surface area contributed by atoms with Crippen molar-refractivity contribution in [3.05, 3.63) is 65.9 Å². The van der Waals surface area contributed by atoms with Crippen LogP contribution in [0.4, 0.5) is 0 Å². The highest BCUT2D eigenvalue weighted by Crippen LogP contribution is 2.21. The molecule has 1 fully saturated rings. The quantitative estimate of drug-likeness (QED) is 0.694. The predicted octanol–water partition coefficient (Wildman–Crippen LogP) is 2.30. The lowest BCUT2D eigenvalue weighted by molar-refractivity contribution is 0.0593. The number of benzene rings is 2. The van der Waals surface area contributed by atoms with Gasteiger partial charge in [-0.25, -0.2) is 13.1 Å². The van der Waals surface area contributed by atoms with Crippen molar-refractivity contribution in [1.82, 2.24) is 14.5 Å². The fourth-order valence-corrected chi connectivity index (χ4v) is 4.26. The first-order chi connectivity index (χ1) is 14.0. The zero-order chi connectivity index (χ0) is 20.4. The van der Waals surface area contributed by atoms with E-state index in [9.17, 15) is 13.2 Å². The molecule has 152 valence electrons. The number of carbonyl (C=O) groups excluding carboxylic acids is 1. The van der Waals surface area contributed by atoms with Gasteiger partial charge in [-0.2, -0.15) is 0 Å². The second-order valence-corrected chi connectivity index (χ2v) is 8.85. The Balaban J connectivity index is 1.40. The summed E-state index contributed by atoms with van der Waals surface area (Å²) in [6, 6.07) is 17.4. The van der Waals surface area contributed by atoms with Crippen LogP contribution in [0.3, 0.4) is 0 Å². The molecule has 0 bridgehead atoms. The van der Waals surface area contributed by atoms with Gasteiger partial charge in [0.15, 0.2) is 5.76 Å². The number of hydrogen-bond donors (Lipinski definition) is 1. The average Bonchev–Trinajstić information content (AvgIpc) is 3.25. The molecule has 7 nitrogen and oxygen atoms in total. The van der Waals surface area contributed by atoms with Gasteiger partial charge in [-0.05, 0) is 35.5 Å². The van der Waals surface area contributed by atoms with E-state index in [1.807, 2.05) is 12.1 Å². The lowest BCUT2D eigenvalue weighted by Gasteiger charge is -2.34. The van der Waals surface area contributed by atoms with Crippen LogP contribution in [0.1, 0.15) is 16.1 Å². The minimum absolute atomic E-state index is 0.0429. The molecule has 1 N–H and O–H groups in total. The molecule has 1 aliphatic heterocycles. The van der Waals surface area contributed by atoms with E-state index >= 15 is 0 Å². The van der Waals surface area contributed by atoms with Crippen LogP contribution in [0.15, 0.2) is 64.1 Å². The third-order valence-electron chi connectivity index (χ3n) is 5.26. The molecule has 3 aromatic rings. The Bertz CT molecular complexity index is 1130. The molecule has 0 unspecified atom stereocenters. The molecule has 0 atom stereocenters. The molecule has 1 aromatic heterocycles. The number of nitrogens with one attached hydrogen (secondary N) is 1. The molecule has 1 aliphatic rings. The minimum atomic E-state index is -3.70. The van der Waals surface area contributed by atoms with Crippen LogP contribution >= 0.6 is 0 Å². The summed E-state index contributed by atoms with van der Waals surface area (Å²) >= 11 is 0. The fourth-order valence-electron chi connectivity index (χ4n) is 3.62. The number of sulfonamides is 1. The number of amides is 1. The minimum Gasteiger partial charge on any atom is -0.438 e. The van der Waals surface area contributed by atoms with E-state index in [0.717, 1.165) is 19.6 Å². The maximum Gasteiger partial charge on any atom is 0.289 e. The van der Waals surface area contributed by atoms with Crippen molar-refractivity contribution in [2.75, 3.05) is 33.2 Å². The highest BCUT2D eigenvalue weighted by molar-refractivity contribution is 7.89. The highest BCUT2D eigenvalue weighted by Gasteiger charge is 2.26. The summed E-state index contributed by atoms with van der Waals surface area (Å²) in [6.07, 6.45) is 0. The first-order valence-electron chi connectivity index (χ1n) is 9.49.